The smallest absolute Gasteiger partial charge is 0.274 e. The van der Waals surface area contributed by atoms with Crippen molar-refractivity contribution in [2.45, 2.75) is 33.2 Å². The molecule has 1 aliphatic heterocycles. The highest BCUT2D eigenvalue weighted by molar-refractivity contribution is 7.20. The van der Waals surface area contributed by atoms with E-state index >= 15 is 0 Å². The molecule has 0 bridgehead atoms. The zero-order valence-corrected chi connectivity index (χ0v) is 17.9. The van der Waals surface area contributed by atoms with Gasteiger partial charge in [-0.15, -0.1) is 5.10 Å². The fourth-order valence-electron chi connectivity index (χ4n) is 3.60. The normalized spacial score (nSPS) is 16.6. The summed E-state index contributed by atoms with van der Waals surface area (Å²) in [6.07, 6.45) is 2.31. The minimum atomic E-state index is -0.441. The molecule has 3 aromatic rings. The number of hydrogen-bond donors (Lipinski definition) is 1. The second kappa shape index (κ2) is 8.83. The molecule has 1 unspecified atom stereocenters. The molecule has 0 radical (unpaired) electrons. The molecule has 8 nitrogen and oxygen atoms in total. The van der Waals surface area contributed by atoms with Gasteiger partial charge in [0.15, 0.2) is 0 Å². The summed E-state index contributed by atoms with van der Waals surface area (Å²) in [5.74, 6) is 1.02. The van der Waals surface area contributed by atoms with Gasteiger partial charge in [-0.05, 0) is 43.4 Å². The van der Waals surface area contributed by atoms with Crippen LogP contribution in [0.15, 0.2) is 35.1 Å². The first-order valence-corrected chi connectivity index (χ1v) is 11.0. The topological polar surface area (TPSA) is 88.8 Å². The quantitative estimate of drug-likeness (QED) is 0.651. The average Bonchev–Trinajstić information content (AvgIpc) is 3.16. The Hall–Kier alpha value is -2.94. The number of hydrogen-bond acceptors (Lipinski definition) is 7. The number of ether oxygens (including phenoxy) is 1. The maximum absolute atomic E-state index is 12.8. The summed E-state index contributed by atoms with van der Waals surface area (Å²) >= 11 is 1.35. The van der Waals surface area contributed by atoms with Crippen molar-refractivity contribution in [3.8, 4) is 5.75 Å². The van der Waals surface area contributed by atoms with Crippen LogP contribution in [-0.2, 0) is 6.54 Å². The van der Waals surface area contributed by atoms with E-state index in [0.29, 0.717) is 24.0 Å². The van der Waals surface area contributed by atoms with Gasteiger partial charge in [-0.25, -0.2) is 0 Å². The lowest BCUT2D eigenvalue weighted by molar-refractivity contribution is 0.0943. The number of benzene rings is 1. The number of nitrogens with zero attached hydrogens (tertiary/aromatic N) is 4. The van der Waals surface area contributed by atoms with Crippen LogP contribution >= 0.6 is 11.3 Å². The molecular formula is C21H25N5O3S. The molecule has 2 aromatic heterocycles. The third-order valence-electron chi connectivity index (χ3n) is 5.09. The Balaban J connectivity index is 1.53. The zero-order valence-electron chi connectivity index (χ0n) is 17.1. The largest absolute Gasteiger partial charge is 0.494 e. The van der Waals surface area contributed by atoms with E-state index in [9.17, 15) is 9.59 Å². The van der Waals surface area contributed by atoms with Crippen molar-refractivity contribution in [2.75, 3.05) is 24.6 Å². The van der Waals surface area contributed by atoms with E-state index in [-0.39, 0.29) is 11.6 Å². The lowest BCUT2D eigenvalue weighted by Crippen LogP contribution is -2.34. The Labute approximate surface area is 178 Å². The van der Waals surface area contributed by atoms with Crippen molar-refractivity contribution in [1.29, 1.82) is 0 Å². The van der Waals surface area contributed by atoms with Crippen LogP contribution < -0.4 is 20.5 Å². The van der Waals surface area contributed by atoms with Crippen LogP contribution in [0, 0.1) is 5.92 Å². The molecule has 9 heteroatoms. The highest BCUT2D eigenvalue weighted by Crippen LogP contribution is 2.27. The highest BCUT2D eigenvalue weighted by Gasteiger charge is 2.22. The second-order valence-electron chi connectivity index (χ2n) is 7.51. The molecule has 1 fully saturated rings. The van der Waals surface area contributed by atoms with E-state index in [0.717, 1.165) is 36.0 Å². The first-order valence-electron chi connectivity index (χ1n) is 10.2. The van der Waals surface area contributed by atoms with Crippen molar-refractivity contribution >= 4 is 27.3 Å². The van der Waals surface area contributed by atoms with Gasteiger partial charge in [-0.1, -0.05) is 30.4 Å². The molecule has 1 N–H and O–H groups in total. The molecule has 1 saturated heterocycles. The fraction of sp³-hybridized carbons (Fsp3) is 0.429. The van der Waals surface area contributed by atoms with Gasteiger partial charge in [0.2, 0.25) is 10.1 Å². The minimum absolute atomic E-state index is 0.198. The number of carbonyl (C=O) groups is 1. The number of aromatic nitrogens is 3. The number of fused-ring (bicyclic) bond motifs is 1. The van der Waals surface area contributed by atoms with Gasteiger partial charge >= 0.3 is 0 Å². The van der Waals surface area contributed by atoms with E-state index in [1.165, 1.54) is 28.3 Å². The Morgan fingerprint density at radius 2 is 2.13 bits per heavy atom. The molecule has 0 aliphatic carbocycles. The number of carbonyl (C=O) groups excluding carboxylic acids is 1. The van der Waals surface area contributed by atoms with Crippen molar-refractivity contribution < 1.29 is 9.53 Å². The standard InChI is InChI=1S/C21H25N5O3S/c1-3-29-16-8-6-15(7-9-16)12-22-19(28)17-11-18(27)23-20-26(17)24-21(30-20)25-10-4-5-14(2)13-25/h6-9,11,14H,3-5,10,12-13H2,1-2H3,(H,22,28). The lowest BCUT2D eigenvalue weighted by Gasteiger charge is -2.30. The van der Waals surface area contributed by atoms with E-state index in [4.69, 9.17) is 4.74 Å². The number of nitrogens with one attached hydrogen (secondary N) is 1. The van der Waals surface area contributed by atoms with Crippen LogP contribution in [0.2, 0.25) is 0 Å². The number of rotatable bonds is 6. The van der Waals surface area contributed by atoms with Gasteiger partial charge < -0.3 is 15.0 Å². The molecule has 4 rings (SSSR count). The summed E-state index contributed by atoms with van der Waals surface area (Å²) in [6.45, 7) is 6.94. The van der Waals surface area contributed by atoms with Crippen molar-refractivity contribution in [1.82, 2.24) is 19.9 Å². The zero-order chi connectivity index (χ0) is 21.1. The SMILES string of the molecule is CCOc1ccc(CNC(=O)c2cc(=O)nc3sc(N4CCCC(C)C4)nn23)cc1. The van der Waals surface area contributed by atoms with Crippen LogP contribution in [0.1, 0.15) is 42.7 Å². The van der Waals surface area contributed by atoms with Crippen LogP contribution in [0.25, 0.3) is 4.96 Å². The van der Waals surface area contributed by atoms with E-state index < -0.39 is 5.56 Å². The molecule has 1 aromatic carbocycles. The lowest BCUT2D eigenvalue weighted by atomic mass is 10.0. The van der Waals surface area contributed by atoms with E-state index in [1.807, 2.05) is 31.2 Å². The van der Waals surface area contributed by atoms with Gasteiger partial charge in [0.25, 0.3) is 11.5 Å². The molecule has 158 valence electrons. The van der Waals surface area contributed by atoms with E-state index in [1.54, 1.807) is 0 Å². The second-order valence-corrected chi connectivity index (χ2v) is 8.45. The fourth-order valence-corrected chi connectivity index (χ4v) is 4.54. The van der Waals surface area contributed by atoms with Crippen LogP contribution in [0.5, 0.6) is 5.75 Å². The van der Waals surface area contributed by atoms with Crippen molar-refractivity contribution in [2.24, 2.45) is 5.92 Å². The number of anilines is 1. The summed E-state index contributed by atoms with van der Waals surface area (Å²) in [6, 6.07) is 8.78. The minimum Gasteiger partial charge on any atom is -0.494 e. The summed E-state index contributed by atoms with van der Waals surface area (Å²) < 4.78 is 6.91. The van der Waals surface area contributed by atoms with Gasteiger partial charge in [-0.3, -0.25) is 9.59 Å². The summed E-state index contributed by atoms with van der Waals surface area (Å²) in [5.41, 5.74) is 0.692. The molecular weight excluding hydrogens is 402 g/mol. The molecule has 30 heavy (non-hydrogen) atoms. The van der Waals surface area contributed by atoms with Gasteiger partial charge in [-0.2, -0.15) is 9.50 Å². The molecule has 1 atom stereocenters. The Kier molecular flexibility index (Phi) is 5.98. The third kappa shape index (κ3) is 4.46. The number of piperidine rings is 1. The van der Waals surface area contributed by atoms with Crippen LogP contribution in [0.3, 0.4) is 0 Å². The molecule has 1 amide bonds. The average molecular weight is 428 g/mol. The highest BCUT2D eigenvalue weighted by atomic mass is 32.1. The summed E-state index contributed by atoms with van der Waals surface area (Å²) in [4.78, 5) is 31.6. The molecule has 0 saturated carbocycles. The first-order chi connectivity index (χ1) is 14.5. The summed E-state index contributed by atoms with van der Waals surface area (Å²) in [7, 11) is 0. The van der Waals surface area contributed by atoms with Crippen molar-refractivity contribution in [3.05, 3.63) is 51.9 Å². The Morgan fingerprint density at radius 1 is 1.33 bits per heavy atom. The van der Waals surface area contributed by atoms with Gasteiger partial charge in [0, 0.05) is 25.7 Å². The first kappa shape index (κ1) is 20.3. The van der Waals surface area contributed by atoms with Crippen molar-refractivity contribution in [3.63, 3.8) is 0 Å². The van der Waals surface area contributed by atoms with Crippen LogP contribution in [0.4, 0.5) is 5.13 Å². The monoisotopic (exact) mass is 427 g/mol. The summed E-state index contributed by atoms with van der Waals surface area (Å²) in [5, 5.41) is 8.26. The predicted octanol–water partition coefficient (Wildman–Crippen LogP) is 2.72. The van der Waals surface area contributed by atoms with E-state index in [2.05, 4.69) is 27.2 Å². The number of amides is 1. The third-order valence-corrected chi connectivity index (χ3v) is 6.06. The molecule has 1 aliphatic rings. The van der Waals surface area contributed by atoms with Gasteiger partial charge in [0.1, 0.15) is 11.4 Å². The molecule has 3 heterocycles. The van der Waals surface area contributed by atoms with Crippen LogP contribution in [-0.4, -0.2) is 40.2 Å². The molecule has 0 spiro atoms. The van der Waals surface area contributed by atoms with Gasteiger partial charge in [0.05, 0.1) is 6.61 Å². The predicted molar refractivity (Wildman–Crippen MR) is 117 cm³/mol. The Bertz CT molecular complexity index is 1090. The maximum Gasteiger partial charge on any atom is 0.274 e. The maximum atomic E-state index is 12.8. The Morgan fingerprint density at radius 3 is 2.87 bits per heavy atom.